The Morgan fingerprint density at radius 1 is 1.17 bits per heavy atom. The molecule has 0 unspecified atom stereocenters. The van der Waals surface area contributed by atoms with Gasteiger partial charge in [0.25, 0.3) is 5.89 Å². The Hall–Kier alpha value is -2.76. The maximum atomic E-state index is 11.3. The number of carbonyl (C=O) groups is 1. The Labute approximate surface area is 133 Å². The number of fused-ring (bicyclic) bond motifs is 1. The molecular formula is C17H18N4O2. The topological polar surface area (TPSA) is 80.9 Å². The first-order chi connectivity index (χ1) is 10.9. The number of rotatable bonds is 3. The van der Waals surface area contributed by atoms with Crippen molar-refractivity contribution >= 4 is 16.8 Å². The van der Waals surface area contributed by atoms with Crippen LogP contribution in [0.5, 0.6) is 0 Å². The lowest BCUT2D eigenvalue weighted by molar-refractivity contribution is -0.120. The number of pyridine rings is 1. The molecule has 3 rings (SSSR count). The summed E-state index contributed by atoms with van der Waals surface area (Å²) in [6.07, 6.45) is 0. The van der Waals surface area contributed by atoms with E-state index in [9.17, 15) is 4.79 Å². The van der Waals surface area contributed by atoms with Gasteiger partial charge in [0.05, 0.1) is 16.6 Å². The van der Waals surface area contributed by atoms with Crippen molar-refractivity contribution in [2.75, 3.05) is 0 Å². The molecule has 1 amide bonds. The van der Waals surface area contributed by atoms with Crippen molar-refractivity contribution in [3.8, 4) is 11.5 Å². The molecule has 1 N–H and O–H groups in total. The Kier molecular flexibility index (Phi) is 3.60. The van der Waals surface area contributed by atoms with Gasteiger partial charge in [0.15, 0.2) is 5.82 Å². The van der Waals surface area contributed by atoms with Crippen molar-refractivity contribution in [2.45, 2.75) is 33.2 Å². The average Bonchev–Trinajstić information content (AvgIpc) is 2.95. The lowest BCUT2D eigenvalue weighted by Crippen LogP contribution is -2.40. The predicted molar refractivity (Wildman–Crippen MR) is 86.6 cm³/mol. The highest BCUT2D eigenvalue weighted by atomic mass is 16.5. The number of benzene rings is 1. The van der Waals surface area contributed by atoms with Crippen molar-refractivity contribution in [2.24, 2.45) is 0 Å². The number of carbonyl (C=O) groups excluding carboxylic acids is 1. The maximum Gasteiger partial charge on any atom is 0.260 e. The van der Waals surface area contributed by atoms with Crippen LogP contribution in [0.4, 0.5) is 0 Å². The number of aryl methyl sites for hydroxylation is 1. The summed E-state index contributed by atoms with van der Waals surface area (Å²) in [7, 11) is 0. The maximum absolute atomic E-state index is 11.3. The molecule has 0 saturated carbocycles. The molecule has 118 valence electrons. The van der Waals surface area contributed by atoms with Gasteiger partial charge in [-0.3, -0.25) is 9.78 Å². The highest BCUT2D eigenvalue weighted by Gasteiger charge is 2.28. The summed E-state index contributed by atoms with van der Waals surface area (Å²) in [5.41, 5.74) is 1.81. The minimum absolute atomic E-state index is 0.149. The molecule has 0 radical (unpaired) electrons. The van der Waals surface area contributed by atoms with Gasteiger partial charge >= 0.3 is 0 Å². The molecule has 6 heteroatoms. The monoisotopic (exact) mass is 310 g/mol. The predicted octanol–water partition coefficient (Wildman–Crippen LogP) is 2.96. The summed E-state index contributed by atoms with van der Waals surface area (Å²) in [5, 5.41) is 7.83. The Morgan fingerprint density at radius 2 is 1.96 bits per heavy atom. The van der Waals surface area contributed by atoms with E-state index in [1.807, 2.05) is 51.1 Å². The van der Waals surface area contributed by atoms with Gasteiger partial charge in [-0.05, 0) is 32.9 Å². The van der Waals surface area contributed by atoms with Crippen LogP contribution >= 0.6 is 0 Å². The number of amides is 1. The normalized spacial score (nSPS) is 11.7. The summed E-state index contributed by atoms with van der Waals surface area (Å²) >= 11 is 0. The minimum atomic E-state index is -0.707. The van der Waals surface area contributed by atoms with Gasteiger partial charge in [-0.25, -0.2) is 0 Å². The molecule has 3 aromatic rings. The molecule has 2 aromatic heterocycles. The number of nitrogens with zero attached hydrogens (tertiary/aromatic N) is 3. The van der Waals surface area contributed by atoms with E-state index >= 15 is 0 Å². The zero-order valence-corrected chi connectivity index (χ0v) is 13.5. The van der Waals surface area contributed by atoms with E-state index in [1.165, 1.54) is 6.92 Å². The zero-order valence-electron chi connectivity index (χ0n) is 13.5. The fourth-order valence-electron chi connectivity index (χ4n) is 2.50. The van der Waals surface area contributed by atoms with E-state index in [2.05, 4.69) is 20.4 Å². The number of hydrogen-bond acceptors (Lipinski definition) is 5. The summed E-state index contributed by atoms with van der Waals surface area (Å²) in [4.78, 5) is 20.3. The molecule has 2 heterocycles. The zero-order chi connectivity index (χ0) is 16.6. The summed E-state index contributed by atoms with van der Waals surface area (Å²) < 4.78 is 5.41. The van der Waals surface area contributed by atoms with Crippen LogP contribution in [0.2, 0.25) is 0 Å². The number of aromatic nitrogens is 3. The highest BCUT2D eigenvalue weighted by Crippen LogP contribution is 2.28. The smallest absolute Gasteiger partial charge is 0.260 e. The fraction of sp³-hybridized carbons (Fsp3) is 0.294. The van der Waals surface area contributed by atoms with E-state index < -0.39 is 5.54 Å². The van der Waals surface area contributed by atoms with E-state index in [0.717, 1.165) is 22.2 Å². The summed E-state index contributed by atoms with van der Waals surface area (Å²) in [6, 6.07) is 9.80. The van der Waals surface area contributed by atoms with Gasteiger partial charge in [-0.15, -0.1) is 0 Å². The van der Waals surface area contributed by atoms with Gasteiger partial charge in [0.1, 0.15) is 0 Å². The van der Waals surface area contributed by atoms with Crippen LogP contribution in [0.15, 0.2) is 34.9 Å². The molecule has 6 nitrogen and oxygen atoms in total. The largest absolute Gasteiger partial charge is 0.344 e. The quantitative estimate of drug-likeness (QED) is 0.804. The molecule has 0 saturated heterocycles. The molecule has 0 fully saturated rings. The van der Waals surface area contributed by atoms with Gasteiger partial charge < -0.3 is 9.84 Å². The van der Waals surface area contributed by atoms with Crippen molar-refractivity contribution in [3.63, 3.8) is 0 Å². The first-order valence-electron chi connectivity index (χ1n) is 7.36. The average molecular weight is 310 g/mol. The minimum Gasteiger partial charge on any atom is -0.344 e. The first-order valence-corrected chi connectivity index (χ1v) is 7.36. The van der Waals surface area contributed by atoms with E-state index in [1.54, 1.807) is 0 Å². The number of para-hydroxylation sites is 1. The van der Waals surface area contributed by atoms with Crippen LogP contribution < -0.4 is 5.32 Å². The molecule has 23 heavy (non-hydrogen) atoms. The van der Waals surface area contributed by atoms with Crippen molar-refractivity contribution in [1.29, 1.82) is 0 Å². The molecular weight excluding hydrogens is 292 g/mol. The lowest BCUT2D eigenvalue weighted by atomic mass is 10.0. The molecule has 0 aliphatic heterocycles. The molecule has 0 atom stereocenters. The van der Waals surface area contributed by atoms with Gasteiger partial charge in [0.2, 0.25) is 5.91 Å². The van der Waals surface area contributed by atoms with Gasteiger partial charge in [-0.2, -0.15) is 4.98 Å². The second-order valence-electron chi connectivity index (χ2n) is 6.06. The standard InChI is InChI=1S/C17H18N4O2/c1-10-8-9-12-6-5-7-13(14(12)18-10)15-19-16(21-23-15)17(3,4)20-11(2)22/h5-9H,1-4H3,(H,20,22). The molecule has 1 aromatic carbocycles. The second kappa shape index (κ2) is 5.46. The fourth-order valence-corrected chi connectivity index (χ4v) is 2.50. The Bertz CT molecular complexity index is 883. The number of nitrogens with one attached hydrogen (secondary N) is 1. The third kappa shape index (κ3) is 2.92. The van der Waals surface area contributed by atoms with Gasteiger partial charge in [-0.1, -0.05) is 23.4 Å². The van der Waals surface area contributed by atoms with Crippen LogP contribution in [0.3, 0.4) is 0 Å². The van der Waals surface area contributed by atoms with Crippen LogP contribution in [-0.2, 0) is 10.3 Å². The molecule has 0 aliphatic carbocycles. The van der Waals surface area contributed by atoms with Crippen LogP contribution in [0.1, 0.15) is 32.3 Å². The van der Waals surface area contributed by atoms with Crippen LogP contribution in [0, 0.1) is 6.92 Å². The third-order valence-electron chi connectivity index (χ3n) is 3.56. The molecule has 0 spiro atoms. The first kappa shape index (κ1) is 15.1. The molecule has 0 bridgehead atoms. The summed E-state index contributed by atoms with van der Waals surface area (Å²) in [5.74, 6) is 0.665. The van der Waals surface area contributed by atoms with Crippen molar-refractivity contribution in [1.82, 2.24) is 20.4 Å². The third-order valence-corrected chi connectivity index (χ3v) is 3.56. The van der Waals surface area contributed by atoms with E-state index in [-0.39, 0.29) is 5.91 Å². The Morgan fingerprint density at radius 3 is 2.70 bits per heavy atom. The van der Waals surface area contributed by atoms with Crippen LogP contribution in [0.25, 0.3) is 22.4 Å². The van der Waals surface area contributed by atoms with Crippen LogP contribution in [-0.4, -0.2) is 21.0 Å². The van der Waals surface area contributed by atoms with E-state index in [0.29, 0.717) is 11.7 Å². The highest BCUT2D eigenvalue weighted by molar-refractivity contribution is 5.91. The van der Waals surface area contributed by atoms with E-state index in [4.69, 9.17) is 4.52 Å². The Balaban J connectivity index is 2.07. The molecule has 0 aliphatic rings. The van der Waals surface area contributed by atoms with Crippen molar-refractivity contribution < 1.29 is 9.32 Å². The summed E-state index contributed by atoms with van der Waals surface area (Å²) in [6.45, 7) is 7.05. The van der Waals surface area contributed by atoms with Crippen molar-refractivity contribution in [3.05, 3.63) is 41.9 Å². The number of hydrogen-bond donors (Lipinski definition) is 1. The lowest BCUT2D eigenvalue weighted by Gasteiger charge is -2.20. The van der Waals surface area contributed by atoms with Gasteiger partial charge in [0, 0.05) is 18.0 Å². The second-order valence-corrected chi connectivity index (χ2v) is 6.06. The SMILES string of the molecule is CC(=O)NC(C)(C)c1noc(-c2cccc3ccc(C)nc23)n1.